The van der Waals surface area contributed by atoms with Gasteiger partial charge in [-0.05, 0) is 29.8 Å². The van der Waals surface area contributed by atoms with E-state index in [1.165, 1.54) is 0 Å². The fourth-order valence-corrected chi connectivity index (χ4v) is 2.18. The highest BCUT2D eigenvalue weighted by atomic mass is 16.1. The van der Waals surface area contributed by atoms with Crippen molar-refractivity contribution >= 4 is 16.8 Å². The van der Waals surface area contributed by atoms with Gasteiger partial charge in [-0.3, -0.25) is 4.79 Å². The van der Waals surface area contributed by atoms with E-state index in [1.54, 1.807) is 30.3 Å². The van der Waals surface area contributed by atoms with Gasteiger partial charge in [0.1, 0.15) is 0 Å². The number of benzene rings is 2. The molecule has 0 aliphatic rings. The van der Waals surface area contributed by atoms with Crippen molar-refractivity contribution in [2.45, 2.75) is 6.54 Å². The van der Waals surface area contributed by atoms with Gasteiger partial charge in [0.05, 0.1) is 11.0 Å². The summed E-state index contributed by atoms with van der Waals surface area (Å²) in [6.07, 6.45) is 0. The van der Waals surface area contributed by atoms with Gasteiger partial charge in [0.2, 0.25) is 0 Å². The number of nitrogens with one attached hydrogen (secondary N) is 2. The van der Waals surface area contributed by atoms with E-state index in [4.69, 9.17) is 5.73 Å². The van der Waals surface area contributed by atoms with Gasteiger partial charge in [0, 0.05) is 17.7 Å². The van der Waals surface area contributed by atoms with Crippen LogP contribution < -0.4 is 11.4 Å². The van der Waals surface area contributed by atoms with Crippen LogP contribution in [0.4, 0.5) is 0 Å². The number of H-pyrrole nitrogens is 2. The van der Waals surface area contributed by atoms with Gasteiger partial charge in [0.25, 0.3) is 0 Å². The largest absolute Gasteiger partial charge is 0.326 e. The Hall–Kier alpha value is -2.66. The highest BCUT2D eigenvalue weighted by Gasteiger charge is 2.10. The first-order chi connectivity index (χ1) is 9.67. The van der Waals surface area contributed by atoms with Gasteiger partial charge in [0.15, 0.2) is 5.78 Å². The van der Waals surface area contributed by atoms with Gasteiger partial charge < -0.3 is 15.7 Å². The molecule has 5 nitrogen and oxygen atoms in total. The number of imidazole rings is 1. The average Bonchev–Trinajstić information content (AvgIpc) is 2.85. The van der Waals surface area contributed by atoms with E-state index in [9.17, 15) is 9.59 Å². The molecule has 4 N–H and O–H groups in total. The van der Waals surface area contributed by atoms with Crippen molar-refractivity contribution in [3.05, 3.63) is 69.6 Å². The molecule has 0 saturated carbocycles. The van der Waals surface area contributed by atoms with E-state index in [0.717, 1.165) is 5.56 Å². The number of aromatic amines is 2. The summed E-state index contributed by atoms with van der Waals surface area (Å²) in [4.78, 5) is 28.9. The minimum atomic E-state index is -0.283. The maximum absolute atomic E-state index is 12.4. The molecular formula is C15H13N3O2. The molecule has 0 spiro atoms. The Labute approximate surface area is 114 Å². The molecule has 100 valence electrons. The van der Waals surface area contributed by atoms with Crippen molar-refractivity contribution in [3.8, 4) is 0 Å². The number of carbonyl (C=O) groups excluding carboxylic acids is 1. The molecule has 0 atom stereocenters. The summed E-state index contributed by atoms with van der Waals surface area (Å²) in [5.41, 5.74) is 8.63. The van der Waals surface area contributed by atoms with E-state index in [-0.39, 0.29) is 11.5 Å². The van der Waals surface area contributed by atoms with E-state index in [2.05, 4.69) is 9.97 Å². The number of nitrogens with two attached hydrogens (primary N) is 1. The van der Waals surface area contributed by atoms with Crippen molar-refractivity contribution in [3.63, 3.8) is 0 Å². The predicted molar refractivity (Wildman–Crippen MR) is 76.7 cm³/mol. The molecule has 0 unspecified atom stereocenters. The van der Waals surface area contributed by atoms with Crippen molar-refractivity contribution in [1.82, 2.24) is 9.97 Å². The smallest absolute Gasteiger partial charge is 0.323 e. The lowest BCUT2D eigenvalue weighted by molar-refractivity contribution is 0.103. The third-order valence-electron chi connectivity index (χ3n) is 3.20. The molecule has 0 aliphatic heterocycles. The first-order valence-corrected chi connectivity index (χ1v) is 6.23. The van der Waals surface area contributed by atoms with Gasteiger partial charge in [-0.2, -0.15) is 0 Å². The van der Waals surface area contributed by atoms with Gasteiger partial charge >= 0.3 is 5.69 Å². The van der Waals surface area contributed by atoms with Crippen molar-refractivity contribution in [1.29, 1.82) is 0 Å². The van der Waals surface area contributed by atoms with Crippen LogP contribution in [0.1, 0.15) is 21.5 Å². The molecule has 3 aromatic rings. The number of ketones is 1. The monoisotopic (exact) mass is 267 g/mol. The van der Waals surface area contributed by atoms with Crippen molar-refractivity contribution in [2.24, 2.45) is 5.73 Å². The number of rotatable bonds is 3. The zero-order chi connectivity index (χ0) is 14.1. The quantitative estimate of drug-likeness (QED) is 0.629. The molecule has 20 heavy (non-hydrogen) atoms. The molecule has 2 aromatic carbocycles. The lowest BCUT2D eigenvalue weighted by Gasteiger charge is -2.03. The van der Waals surface area contributed by atoms with Crippen LogP contribution in [0.15, 0.2) is 47.3 Å². The van der Waals surface area contributed by atoms with Crippen LogP contribution in [0.25, 0.3) is 11.0 Å². The minimum absolute atomic E-state index is 0.0933. The third kappa shape index (κ3) is 2.15. The maximum Gasteiger partial charge on any atom is 0.323 e. The summed E-state index contributed by atoms with van der Waals surface area (Å²) < 4.78 is 0. The SMILES string of the molecule is NCc1cccc(C(=O)c2ccc3[nH]c(=O)[nH]c3c2)c1. The molecule has 0 saturated heterocycles. The lowest BCUT2D eigenvalue weighted by atomic mass is 10.0. The van der Waals surface area contributed by atoms with Crippen LogP contribution >= 0.6 is 0 Å². The summed E-state index contributed by atoms with van der Waals surface area (Å²) in [5.74, 6) is -0.0933. The second-order valence-electron chi connectivity index (χ2n) is 4.57. The van der Waals surface area contributed by atoms with Crippen molar-refractivity contribution in [2.75, 3.05) is 0 Å². The molecule has 1 heterocycles. The fraction of sp³-hybridized carbons (Fsp3) is 0.0667. The molecule has 0 fully saturated rings. The van der Waals surface area contributed by atoms with Crippen molar-refractivity contribution < 1.29 is 4.79 Å². The number of carbonyl (C=O) groups is 1. The minimum Gasteiger partial charge on any atom is -0.326 e. The topological polar surface area (TPSA) is 91.7 Å². The highest BCUT2D eigenvalue weighted by Crippen LogP contribution is 2.15. The van der Waals surface area contributed by atoms with Crippen LogP contribution in [0.3, 0.4) is 0 Å². The first-order valence-electron chi connectivity index (χ1n) is 6.23. The maximum atomic E-state index is 12.4. The van der Waals surface area contributed by atoms with Crippen LogP contribution in [-0.4, -0.2) is 15.8 Å². The Morgan fingerprint density at radius 1 is 1.00 bits per heavy atom. The number of fused-ring (bicyclic) bond motifs is 1. The lowest BCUT2D eigenvalue weighted by Crippen LogP contribution is -2.03. The molecule has 5 heteroatoms. The van der Waals surface area contributed by atoms with Crippen LogP contribution in [0.2, 0.25) is 0 Å². The number of hydrogen-bond donors (Lipinski definition) is 3. The number of hydrogen-bond acceptors (Lipinski definition) is 3. The second-order valence-corrected chi connectivity index (χ2v) is 4.57. The van der Waals surface area contributed by atoms with Crippen LogP contribution in [-0.2, 0) is 6.54 Å². The normalized spacial score (nSPS) is 10.8. The highest BCUT2D eigenvalue weighted by molar-refractivity contribution is 6.10. The Morgan fingerprint density at radius 3 is 2.55 bits per heavy atom. The van der Waals surface area contributed by atoms with E-state index in [0.29, 0.717) is 28.7 Å². The molecule has 0 aliphatic carbocycles. The van der Waals surface area contributed by atoms with Gasteiger partial charge in [-0.25, -0.2) is 4.79 Å². The Balaban J connectivity index is 2.04. The summed E-state index contributed by atoms with van der Waals surface area (Å²) in [6, 6.07) is 12.3. The third-order valence-corrected chi connectivity index (χ3v) is 3.20. The molecule has 0 bridgehead atoms. The first kappa shape index (κ1) is 12.4. The predicted octanol–water partition coefficient (Wildman–Crippen LogP) is 1.55. The molecular weight excluding hydrogens is 254 g/mol. The van der Waals surface area contributed by atoms with E-state index >= 15 is 0 Å². The summed E-state index contributed by atoms with van der Waals surface area (Å²) in [6.45, 7) is 0.394. The van der Waals surface area contributed by atoms with Crippen LogP contribution in [0, 0.1) is 0 Å². The zero-order valence-electron chi connectivity index (χ0n) is 10.6. The summed E-state index contributed by atoms with van der Waals surface area (Å²) in [5, 5.41) is 0. The molecule has 3 rings (SSSR count). The second kappa shape index (κ2) is 4.79. The van der Waals surface area contributed by atoms with Crippen LogP contribution in [0.5, 0.6) is 0 Å². The molecule has 0 amide bonds. The summed E-state index contributed by atoms with van der Waals surface area (Å²) >= 11 is 0. The Kier molecular flexibility index (Phi) is 2.96. The molecule has 1 aromatic heterocycles. The average molecular weight is 267 g/mol. The Morgan fingerprint density at radius 2 is 1.75 bits per heavy atom. The van der Waals surface area contributed by atoms with E-state index < -0.39 is 0 Å². The van der Waals surface area contributed by atoms with Gasteiger partial charge in [-0.15, -0.1) is 0 Å². The zero-order valence-corrected chi connectivity index (χ0v) is 10.6. The Bertz CT molecular complexity index is 845. The standard InChI is InChI=1S/C15H13N3O2/c16-8-9-2-1-3-10(6-9)14(19)11-4-5-12-13(7-11)18-15(20)17-12/h1-7H,8,16H2,(H2,17,18,20). The van der Waals surface area contributed by atoms with E-state index in [1.807, 2.05) is 12.1 Å². The fourth-order valence-electron chi connectivity index (χ4n) is 2.18. The number of aromatic nitrogens is 2. The van der Waals surface area contributed by atoms with Gasteiger partial charge in [-0.1, -0.05) is 18.2 Å². The molecule has 0 radical (unpaired) electrons. The summed E-state index contributed by atoms with van der Waals surface area (Å²) in [7, 11) is 0.